The Morgan fingerprint density at radius 3 is 2.18 bits per heavy atom. The first-order valence-electron chi connectivity index (χ1n) is 14.1. The molecule has 0 radical (unpaired) electrons. The van der Waals surface area contributed by atoms with Gasteiger partial charge in [-0.25, -0.2) is 14.7 Å². The number of aryl methyl sites for hydroxylation is 1. The summed E-state index contributed by atoms with van der Waals surface area (Å²) >= 11 is 12.6. The average Bonchev–Trinajstić information content (AvgIpc) is 3.40. The minimum Gasteiger partial charge on any atom is -0.493 e. The summed E-state index contributed by atoms with van der Waals surface area (Å²) in [6.45, 7) is 2.00. The van der Waals surface area contributed by atoms with Crippen molar-refractivity contribution in [2.75, 3.05) is 31.5 Å². The van der Waals surface area contributed by atoms with Gasteiger partial charge < -0.3 is 24.4 Å². The summed E-state index contributed by atoms with van der Waals surface area (Å²) in [6, 6.07) is 26.8. The predicted octanol–water partition coefficient (Wildman–Crippen LogP) is 8.31. The number of hydrogen-bond acceptors (Lipinski definition) is 8. The lowest BCUT2D eigenvalue weighted by Gasteiger charge is -2.40. The number of rotatable bonds is 6. The van der Waals surface area contributed by atoms with Crippen LogP contribution in [0, 0.1) is 6.92 Å². The second-order valence-corrected chi connectivity index (χ2v) is 11.3. The van der Waals surface area contributed by atoms with Crippen molar-refractivity contribution < 1.29 is 14.2 Å². The molecule has 4 aromatic carbocycles. The Morgan fingerprint density at radius 1 is 0.778 bits per heavy atom. The highest BCUT2D eigenvalue weighted by atomic mass is 35.5. The molecule has 11 heteroatoms. The van der Waals surface area contributed by atoms with E-state index in [1.807, 2.05) is 84.4 Å². The average molecular weight is 640 g/mol. The van der Waals surface area contributed by atoms with Crippen molar-refractivity contribution >= 4 is 57.8 Å². The van der Waals surface area contributed by atoms with Crippen LogP contribution in [0.5, 0.6) is 17.2 Å². The van der Waals surface area contributed by atoms with Crippen LogP contribution in [0.15, 0.2) is 94.9 Å². The Labute approximate surface area is 270 Å². The maximum Gasteiger partial charge on any atom is 0.203 e. The summed E-state index contributed by atoms with van der Waals surface area (Å²) in [5.41, 5.74) is 5.90. The van der Waals surface area contributed by atoms with E-state index in [1.54, 1.807) is 33.5 Å². The van der Waals surface area contributed by atoms with Gasteiger partial charge in [-0.3, -0.25) is 0 Å². The Morgan fingerprint density at radius 2 is 1.49 bits per heavy atom. The van der Waals surface area contributed by atoms with Gasteiger partial charge in [0.2, 0.25) is 5.75 Å². The molecule has 3 heterocycles. The van der Waals surface area contributed by atoms with Gasteiger partial charge >= 0.3 is 0 Å². The first kappa shape index (κ1) is 28.8. The third kappa shape index (κ3) is 4.85. The molecule has 0 fully saturated rings. The molecule has 5 aromatic rings. The molecule has 1 atom stereocenters. The molecular weight excluding hydrogens is 611 g/mol. The standard InChI is InChI=1S/C34H28Cl2N6O3/c1-19-29-30(20-16-27(43-2)31(45-4)28(17-20)44-3)41-26-13-9-8-12-25(26)38-32(37-21-14-15-23(35)24(36)18-21)34(41)39-33(29)42(40-19)22-10-6-5-7-11-22/h5-18,30H,1-4H3,(H,37,38). The largest absolute Gasteiger partial charge is 0.493 e. The molecule has 7 rings (SSSR count). The third-order valence-corrected chi connectivity index (χ3v) is 8.56. The predicted molar refractivity (Wildman–Crippen MR) is 179 cm³/mol. The van der Waals surface area contributed by atoms with Crippen molar-refractivity contribution in [2.24, 2.45) is 9.98 Å². The van der Waals surface area contributed by atoms with Crippen LogP contribution in [0.3, 0.4) is 0 Å². The van der Waals surface area contributed by atoms with Crippen LogP contribution < -0.4 is 24.4 Å². The highest BCUT2D eigenvalue weighted by Gasteiger charge is 2.42. The molecule has 0 amide bonds. The number of fused-ring (bicyclic) bond motifs is 4. The molecule has 45 heavy (non-hydrogen) atoms. The molecule has 2 aliphatic heterocycles. The van der Waals surface area contributed by atoms with Crippen LogP contribution >= 0.6 is 23.2 Å². The highest BCUT2D eigenvalue weighted by Crippen LogP contribution is 2.50. The number of anilines is 2. The van der Waals surface area contributed by atoms with Crippen LogP contribution in [-0.2, 0) is 0 Å². The van der Waals surface area contributed by atoms with Gasteiger partial charge in [-0.15, -0.1) is 0 Å². The van der Waals surface area contributed by atoms with Crippen molar-refractivity contribution in [2.45, 2.75) is 13.0 Å². The fraction of sp³-hybridized carbons (Fsp3) is 0.147. The van der Waals surface area contributed by atoms with E-state index in [2.05, 4.69) is 10.2 Å². The van der Waals surface area contributed by atoms with Gasteiger partial charge in [-0.05, 0) is 67.1 Å². The number of nitrogens with zero attached hydrogens (tertiary/aromatic N) is 5. The zero-order valence-corrected chi connectivity index (χ0v) is 26.4. The number of hydrogen-bond donors (Lipinski definition) is 1. The van der Waals surface area contributed by atoms with Gasteiger partial charge in [-0.2, -0.15) is 5.10 Å². The van der Waals surface area contributed by atoms with Crippen LogP contribution in [0.2, 0.25) is 10.0 Å². The SMILES string of the molecule is COc1cc(C2c3c(C)nn(-c4ccccc4)c3N=C3C(Nc4ccc(Cl)c(Cl)c4)=Nc4ccccc4N32)cc(OC)c1OC. The highest BCUT2D eigenvalue weighted by molar-refractivity contribution is 6.52. The van der Waals surface area contributed by atoms with Gasteiger partial charge in [0.05, 0.1) is 60.2 Å². The van der Waals surface area contributed by atoms with E-state index in [-0.39, 0.29) is 0 Å². The summed E-state index contributed by atoms with van der Waals surface area (Å²) in [7, 11) is 4.82. The van der Waals surface area contributed by atoms with E-state index in [4.69, 9.17) is 52.5 Å². The number of aromatic nitrogens is 2. The normalized spacial score (nSPS) is 14.9. The molecule has 9 nitrogen and oxygen atoms in total. The molecule has 0 spiro atoms. The molecule has 1 unspecified atom stereocenters. The van der Waals surface area contributed by atoms with E-state index in [9.17, 15) is 0 Å². The maximum atomic E-state index is 6.40. The van der Waals surface area contributed by atoms with Gasteiger partial charge in [0.1, 0.15) is 0 Å². The van der Waals surface area contributed by atoms with Crippen molar-refractivity contribution in [1.82, 2.24) is 9.78 Å². The summed E-state index contributed by atoms with van der Waals surface area (Å²) in [5.74, 6) is 3.41. The number of aliphatic imine (C=N–C) groups is 2. The smallest absolute Gasteiger partial charge is 0.203 e. The van der Waals surface area contributed by atoms with E-state index in [1.165, 1.54) is 0 Å². The van der Waals surface area contributed by atoms with Crippen LogP contribution in [-0.4, -0.2) is 42.8 Å². The van der Waals surface area contributed by atoms with E-state index >= 15 is 0 Å². The van der Waals surface area contributed by atoms with E-state index in [0.29, 0.717) is 50.5 Å². The minimum absolute atomic E-state index is 0.402. The Balaban J connectivity index is 1.51. The Bertz CT molecular complexity index is 1980. The maximum absolute atomic E-state index is 6.40. The van der Waals surface area contributed by atoms with E-state index in [0.717, 1.165) is 33.9 Å². The zero-order chi connectivity index (χ0) is 31.2. The van der Waals surface area contributed by atoms with Crippen molar-refractivity contribution in [3.8, 4) is 22.9 Å². The molecule has 0 aliphatic carbocycles. The molecule has 226 valence electrons. The number of para-hydroxylation sites is 3. The van der Waals surface area contributed by atoms with Crippen LogP contribution in [0.1, 0.15) is 22.9 Å². The summed E-state index contributed by atoms with van der Waals surface area (Å²) < 4.78 is 19.1. The van der Waals surface area contributed by atoms with Crippen molar-refractivity contribution in [3.05, 3.63) is 112 Å². The fourth-order valence-corrected chi connectivity index (χ4v) is 6.13. The summed E-state index contributed by atoms with van der Waals surface area (Å²) in [6.07, 6.45) is 0. The summed E-state index contributed by atoms with van der Waals surface area (Å²) in [5, 5.41) is 9.35. The third-order valence-electron chi connectivity index (χ3n) is 7.82. The molecule has 1 N–H and O–H groups in total. The number of ether oxygens (including phenoxy) is 3. The molecule has 2 aliphatic rings. The van der Waals surface area contributed by atoms with Crippen LogP contribution in [0.25, 0.3) is 5.69 Å². The van der Waals surface area contributed by atoms with Gasteiger partial charge in [-0.1, -0.05) is 53.5 Å². The Hall–Kier alpha value is -4.99. The lowest BCUT2D eigenvalue weighted by atomic mass is 9.92. The van der Waals surface area contributed by atoms with Gasteiger partial charge in [0.25, 0.3) is 0 Å². The number of benzene rings is 4. The molecule has 0 bridgehead atoms. The number of methoxy groups -OCH3 is 3. The monoisotopic (exact) mass is 638 g/mol. The second-order valence-electron chi connectivity index (χ2n) is 10.4. The van der Waals surface area contributed by atoms with E-state index < -0.39 is 6.04 Å². The first-order chi connectivity index (χ1) is 21.9. The Kier molecular flexibility index (Phi) is 7.35. The molecule has 0 saturated carbocycles. The lowest BCUT2D eigenvalue weighted by molar-refractivity contribution is 0.323. The van der Waals surface area contributed by atoms with Gasteiger partial charge in [0, 0.05) is 11.3 Å². The molecule has 1 aromatic heterocycles. The lowest BCUT2D eigenvalue weighted by Crippen LogP contribution is -2.46. The fourth-order valence-electron chi connectivity index (χ4n) is 5.83. The van der Waals surface area contributed by atoms with Crippen molar-refractivity contribution in [3.63, 3.8) is 0 Å². The van der Waals surface area contributed by atoms with Crippen molar-refractivity contribution in [1.29, 1.82) is 0 Å². The van der Waals surface area contributed by atoms with Crippen LogP contribution in [0.4, 0.5) is 22.9 Å². The molecular formula is C34H28Cl2N6O3. The quantitative estimate of drug-likeness (QED) is 0.201. The first-order valence-corrected chi connectivity index (χ1v) is 14.9. The number of halogens is 2. The zero-order valence-electron chi connectivity index (χ0n) is 24.9. The topological polar surface area (TPSA) is 85.5 Å². The molecule has 0 saturated heterocycles. The second kappa shape index (κ2) is 11.5. The summed E-state index contributed by atoms with van der Waals surface area (Å²) in [4.78, 5) is 12.5. The number of nitrogens with one attached hydrogen (secondary N) is 1. The number of amidine groups is 2. The minimum atomic E-state index is -0.402. The van der Waals surface area contributed by atoms with Gasteiger partial charge in [0.15, 0.2) is 29.0 Å².